The number of rotatable bonds is 45. The van der Waals surface area contributed by atoms with Crippen LogP contribution in [0.4, 0.5) is 0 Å². The summed E-state index contributed by atoms with van der Waals surface area (Å²) in [5.74, 6) is -2.36. The molecule has 2 atom stereocenters. The summed E-state index contributed by atoms with van der Waals surface area (Å²) >= 11 is 0. The van der Waals surface area contributed by atoms with Crippen LogP contribution in [0.5, 0.6) is 0 Å². The number of carbonyl (C=O) groups excluding carboxylic acids is 3. The maximum atomic E-state index is 12.8. The van der Waals surface area contributed by atoms with E-state index in [0.29, 0.717) is 23.9 Å². The molecule has 0 aliphatic carbocycles. The largest absolute Gasteiger partial charge is 0.545 e. The van der Waals surface area contributed by atoms with Gasteiger partial charge in [0.15, 0.2) is 12.4 Å². The molecule has 0 amide bonds. The first-order valence-corrected chi connectivity index (χ1v) is 25.5. The second-order valence-electron chi connectivity index (χ2n) is 17.7. The molecule has 0 fully saturated rings. The predicted octanol–water partition coefficient (Wildman–Crippen LogP) is 13.1. The Morgan fingerprint density at radius 2 is 0.864 bits per heavy atom. The Kier molecular flexibility index (Phi) is 44.5. The summed E-state index contributed by atoms with van der Waals surface area (Å²) in [5, 5.41) is 11.7. The van der Waals surface area contributed by atoms with E-state index in [2.05, 4.69) is 123 Å². The van der Waals surface area contributed by atoms with Crippen molar-refractivity contribution in [2.75, 3.05) is 47.5 Å². The van der Waals surface area contributed by atoms with Gasteiger partial charge in [-0.2, -0.15) is 0 Å². The number of aliphatic carboxylic acids is 1. The summed E-state index contributed by atoms with van der Waals surface area (Å²) in [6, 6.07) is 0. The van der Waals surface area contributed by atoms with E-state index in [1.807, 2.05) is 21.1 Å². The highest BCUT2D eigenvalue weighted by Gasteiger charge is 2.21. The number of allylic oxidation sites excluding steroid dienone is 18. The molecule has 0 aliphatic heterocycles. The van der Waals surface area contributed by atoms with Gasteiger partial charge in [0.25, 0.3) is 0 Å². The fraction of sp³-hybridized carbons (Fsp3) is 0.632. The van der Waals surface area contributed by atoms with Gasteiger partial charge >= 0.3 is 11.9 Å². The average molecular weight is 920 g/mol. The highest BCUT2D eigenvalue weighted by molar-refractivity contribution is 5.70. The van der Waals surface area contributed by atoms with E-state index in [4.69, 9.17) is 18.9 Å². The van der Waals surface area contributed by atoms with Gasteiger partial charge in [0.1, 0.15) is 13.2 Å². The van der Waals surface area contributed by atoms with Gasteiger partial charge in [-0.1, -0.05) is 168 Å². The molecule has 0 aromatic heterocycles. The summed E-state index contributed by atoms with van der Waals surface area (Å²) in [5.41, 5.74) is 0. The van der Waals surface area contributed by atoms with E-state index in [1.54, 1.807) is 0 Å². The lowest BCUT2D eigenvalue weighted by atomic mass is 10.1. The summed E-state index contributed by atoms with van der Waals surface area (Å²) in [6.45, 7) is 4.53. The summed E-state index contributed by atoms with van der Waals surface area (Å²) in [6.07, 6.45) is 61.2. The Morgan fingerprint density at radius 3 is 1.30 bits per heavy atom. The van der Waals surface area contributed by atoms with E-state index in [0.717, 1.165) is 103 Å². The minimum atomic E-state index is -1.64. The monoisotopic (exact) mass is 920 g/mol. The SMILES string of the molecule is CC/C=C\C/C=C\C/C=C\C/C=C\C/C=C\C/C=C\C/C=C\CCCCCC(=O)OC(COC(=O)CCCCCCC/C=C\C/C=C\CCCCCC)COC(OCC[N+](C)(C)C)C(=O)[O-]. The maximum Gasteiger partial charge on any atom is 0.306 e. The Balaban J connectivity index is 4.47. The molecular weight excluding hydrogens is 827 g/mol. The van der Waals surface area contributed by atoms with Crippen molar-refractivity contribution < 1.29 is 42.9 Å². The second-order valence-corrected chi connectivity index (χ2v) is 17.7. The average Bonchev–Trinajstić information content (AvgIpc) is 3.28. The summed E-state index contributed by atoms with van der Waals surface area (Å²) in [7, 11) is 5.89. The number of hydrogen-bond donors (Lipinski definition) is 0. The third-order valence-electron chi connectivity index (χ3n) is 10.3. The fourth-order valence-corrected chi connectivity index (χ4v) is 6.31. The normalized spacial score (nSPS) is 13.8. The molecular formula is C57H93NO8. The Bertz CT molecular complexity index is 1440. The number of carbonyl (C=O) groups is 3. The number of carboxylic acids is 1. The summed E-state index contributed by atoms with van der Waals surface area (Å²) in [4.78, 5) is 37.1. The van der Waals surface area contributed by atoms with Crippen LogP contribution >= 0.6 is 0 Å². The van der Waals surface area contributed by atoms with Gasteiger partial charge in [0.05, 0.1) is 40.3 Å². The molecule has 66 heavy (non-hydrogen) atoms. The van der Waals surface area contributed by atoms with Crippen LogP contribution in [0, 0.1) is 0 Å². The lowest BCUT2D eigenvalue weighted by Gasteiger charge is -2.26. The van der Waals surface area contributed by atoms with E-state index in [1.165, 1.54) is 32.1 Å². The molecule has 374 valence electrons. The van der Waals surface area contributed by atoms with Crippen LogP contribution in [0.2, 0.25) is 0 Å². The van der Waals surface area contributed by atoms with Gasteiger partial charge in [-0.15, -0.1) is 0 Å². The van der Waals surface area contributed by atoms with Gasteiger partial charge in [-0.3, -0.25) is 9.59 Å². The summed E-state index contributed by atoms with van der Waals surface area (Å²) < 4.78 is 22.6. The molecule has 0 heterocycles. The Morgan fingerprint density at radius 1 is 0.470 bits per heavy atom. The Hall–Kier alpha value is -4.05. The van der Waals surface area contributed by atoms with Gasteiger partial charge in [0, 0.05) is 12.8 Å². The zero-order valence-corrected chi connectivity index (χ0v) is 42.3. The molecule has 2 unspecified atom stereocenters. The third-order valence-corrected chi connectivity index (χ3v) is 10.3. The first-order valence-electron chi connectivity index (χ1n) is 25.5. The molecule has 9 heteroatoms. The van der Waals surface area contributed by atoms with Gasteiger partial charge < -0.3 is 33.3 Å². The van der Waals surface area contributed by atoms with Crippen LogP contribution in [-0.4, -0.2) is 82.3 Å². The standard InChI is InChI=1S/C57H93NO8/c1-6-8-10-12-14-16-18-20-22-24-25-26-27-28-29-30-31-32-34-36-38-40-42-44-46-48-55(60)66-53(52-65-57(56(61)62)63-50-49-58(3,4)5)51-64-54(59)47-45-43-41-39-37-35-33-23-21-19-17-15-13-11-9-7-2/h8,10,14,16-17,19-20,22-23,25-26,28-29,31-33,36,38,53,57H,6-7,9,11-13,15,18,21,24,27,30,34-35,37,39-52H2,1-5H3/b10-8-,16-14-,19-17-,22-20-,26-25-,29-28-,32-31-,33-23-,38-36-. The molecule has 0 rings (SSSR count). The highest BCUT2D eigenvalue weighted by atomic mass is 16.7. The molecule has 0 saturated carbocycles. The van der Waals surface area contributed by atoms with Crippen molar-refractivity contribution in [1.82, 2.24) is 0 Å². The maximum absolute atomic E-state index is 12.8. The first-order chi connectivity index (χ1) is 32.1. The third kappa shape index (κ3) is 47.9. The predicted molar refractivity (Wildman–Crippen MR) is 273 cm³/mol. The van der Waals surface area contributed by atoms with Gasteiger partial charge in [0.2, 0.25) is 0 Å². The molecule has 0 radical (unpaired) electrons. The molecule has 0 aromatic carbocycles. The molecule has 0 bridgehead atoms. The quantitative estimate of drug-likeness (QED) is 0.0195. The van der Waals surface area contributed by atoms with Crippen molar-refractivity contribution in [2.45, 2.75) is 187 Å². The lowest BCUT2D eigenvalue weighted by Crippen LogP contribution is -2.44. The van der Waals surface area contributed by atoms with Crippen molar-refractivity contribution in [3.05, 3.63) is 109 Å². The number of nitrogens with zero attached hydrogens (tertiary/aromatic N) is 1. The molecule has 0 aromatic rings. The van der Waals surface area contributed by atoms with Crippen molar-refractivity contribution >= 4 is 17.9 Å². The van der Waals surface area contributed by atoms with Crippen molar-refractivity contribution in [2.24, 2.45) is 0 Å². The molecule has 9 nitrogen and oxygen atoms in total. The van der Waals surface area contributed by atoms with Crippen molar-refractivity contribution in [3.8, 4) is 0 Å². The minimum absolute atomic E-state index is 0.132. The number of hydrogen-bond acceptors (Lipinski definition) is 8. The zero-order valence-electron chi connectivity index (χ0n) is 42.3. The van der Waals surface area contributed by atoms with E-state index < -0.39 is 24.3 Å². The molecule has 0 saturated heterocycles. The van der Waals surface area contributed by atoms with Crippen LogP contribution < -0.4 is 5.11 Å². The van der Waals surface area contributed by atoms with Crippen LogP contribution in [-0.2, 0) is 33.3 Å². The highest BCUT2D eigenvalue weighted by Crippen LogP contribution is 2.12. The minimum Gasteiger partial charge on any atom is -0.545 e. The first kappa shape index (κ1) is 62.0. The molecule has 0 spiro atoms. The Labute approximate surface area is 403 Å². The number of carboxylic acid groups (broad SMARTS) is 1. The van der Waals surface area contributed by atoms with Gasteiger partial charge in [-0.25, -0.2) is 0 Å². The van der Waals surface area contributed by atoms with E-state index in [9.17, 15) is 19.5 Å². The fourth-order valence-electron chi connectivity index (χ4n) is 6.31. The topological polar surface area (TPSA) is 111 Å². The van der Waals surface area contributed by atoms with E-state index >= 15 is 0 Å². The van der Waals surface area contributed by atoms with Crippen LogP contribution in [0.3, 0.4) is 0 Å². The molecule has 0 N–H and O–H groups in total. The number of ether oxygens (including phenoxy) is 4. The zero-order chi connectivity index (χ0) is 48.4. The smallest absolute Gasteiger partial charge is 0.306 e. The number of likely N-dealkylation sites (N-methyl/N-ethyl adjacent to an activating group) is 1. The van der Waals surface area contributed by atoms with E-state index in [-0.39, 0.29) is 38.6 Å². The van der Waals surface area contributed by atoms with Crippen LogP contribution in [0.15, 0.2) is 109 Å². The van der Waals surface area contributed by atoms with Crippen LogP contribution in [0.25, 0.3) is 0 Å². The molecule has 0 aliphatic rings. The van der Waals surface area contributed by atoms with Crippen LogP contribution in [0.1, 0.15) is 174 Å². The second kappa shape index (κ2) is 47.4. The lowest BCUT2D eigenvalue weighted by molar-refractivity contribution is -0.870. The van der Waals surface area contributed by atoms with Crippen molar-refractivity contribution in [1.29, 1.82) is 0 Å². The van der Waals surface area contributed by atoms with Crippen molar-refractivity contribution in [3.63, 3.8) is 0 Å². The number of esters is 2. The number of unbranched alkanes of at least 4 members (excludes halogenated alkanes) is 12. The van der Waals surface area contributed by atoms with Gasteiger partial charge in [-0.05, 0) is 103 Å². The number of quaternary nitrogens is 1.